The quantitative estimate of drug-likeness (QED) is 0.330. The molecule has 3 N–H and O–H groups in total. The Kier molecular flexibility index (Phi) is 8.01. The molecule has 0 unspecified atom stereocenters. The van der Waals surface area contributed by atoms with E-state index < -0.39 is 10.0 Å². The predicted octanol–water partition coefficient (Wildman–Crippen LogP) is 2.55. The third-order valence-corrected chi connectivity index (χ3v) is 7.19. The van der Waals surface area contributed by atoms with Gasteiger partial charge in [0.25, 0.3) is 5.89 Å². The molecule has 1 aliphatic carbocycles. The SMILES string of the molecule is CC(C)Oc1ccc(-c2nc(-c3cccc4c3CC[C@@H]4NS(=O)(=O)CCNCCO)no2)cc1C#N. The molecule has 0 spiro atoms. The van der Waals surface area contributed by atoms with Crippen molar-refractivity contribution in [2.24, 2.45) is 0 Å². The van der Waals surface area contributed by atoms with Gasteiger partial charge < -0.3 is 19.7 Å². The highest BCUT2D eigenvalue weighted by Gasteiger charge is 2.29. The maximum atomic E-state index is 12.5. The van der Waals surface area contributed by atoms with Gasteiger partial charge in [0, 0.05) is 30.3 Å². The van der Waals surface area contributed by atoms with Gasteiger partial charge in [0.1, 0.15) is 11.8 Å². The van der Waals surface area contributed by atoms with E-state index in [4.69, 9.17) is 14.4 Å². The van der Waals surface area contributed by atoms with Crippen molar-refractivity contribution in [1.29, 1.82) is 5.26 Å². The molecule has 0 bridgehead atoms. The number of nitriles is 1. The number of nitrogens with zero attached hydrogens (tertiary/aromatic N) is 3. The summed E-state index contributed by atoms with van der Waals surface area (Å²) >= 11 is 0. The van der Waals surface area contributed by atoms with E-state index >= 15 is 0 Å². The van der Waals surface area contributed by atoms with Crippen LogP contribution in [-0.2, 0) is 16.4 Å². The van der Waals surface area contributed by atoms with Crippen LogP contribution in [0.4, 0.5) is 0 Å². The van der Waals surface area contributed by atoms with Gasteiger partial charge in [-0.15, -0.1) is 0 Å². The highest BCUT2D eigenvalue weighted by atomic mass is 32.2. The second-order valence-electron chi connectivity index (χ2n) is 8.79. The average Bonchev–Trinajstić information content (AvgIpc) is 3.49. The molecule has 3 aromatic rings. The van der Waals surface area contributed by atoms with Crippen molar-refractivity contribution in [2.45, 2.75) is 38.8 Å². The fourth-order valence-electron chi connectivity index (χ4n) is 4.23. The Morgan fingerprint density at radius 3 is 2.86 bits per heavy atom. The zero-order valence-corrected chi connectivity index (χ0v) is 21.0. The van der Waals surface area contributed by atoms with Crippen LogP contribution in [0.25, 0.3) is 22.8 Å². The molecule has 0 aliphatic heterocycles. The molecule has 2 aromatic carbocycles. The molecule has 1 aliphatic rings. The van der Waals surface area contributed by atoms with E-state index in [-0.39, 0.29) is 36.9 Å². The van der Waals surface area contributed by atoms with E-state index in [1.54, 1.807) is 18.2 Å². The summed E-state index contributed by atoms with van der Waals surface area (Å²) in [5, 5.41) is 25.4. The van der Waals surface area contributed by atoms with Gasteiger partial charge in [-0.25, -0.2) is 13.1 Å². The number of fused-ring (bicyclic) bond motifs is 1. The monoisotopic (exact) mass is 511 g/mol. The Morgan fingerprint density at radius 1 is 1.28 bits per heavy atom. The van der Waals surface area contributed by atoms with Crippen molar-refractivity contribution in [3.63, 3.8) is 0 Å². The molecule has 0 fully saturated rings. The first-order chi connectivity index (χ1) is 17.3. The average molecular weight is 512 g/mol. The maximum absolute atomic E-state index is 12.5. The van der Waals surface area contributed by atoms with Gasteiger partial charge in [-0.1, -0.05) is 23.4 Å². The number of nitrogens with one attached hydrogen (secondary N) is 2. The third-order valence-electron chi connectivity index (χ3n) is 5.81. The van der Waals surface area contributed by atoms with Crippen LogP contribution in [0.5, 0.6) is 5.75 Å². The fraction of sp³-hybridized carbons (Fsp3) is 0.400. The summed E-state index contributed by atoms with van der Waals surface area (Å²) in [6.07, 6.45) is 1.24. The van der Waals surface area contributed by atoms with Crippen molar-refractivity contribution < 1.29 is 22.8 Å². The van der Waals surface area contributed by atoms with Gasteiger partial charge in [0.15, 0.2) is 0 Å². The summed E-state index contributed by atoms with van der Waals surface area (Å²) in [6, 6.07) is 12.6. The molecule has 36 heavy (non-hydrogen) atoms. The smallest absolute Gasteiger partial charge is 0.258 e. The normalized spacial score (nSPS) is 15.1. The Bertz CT molecular complexity index is 1360. The number of benzene rings is 2. The molecule has 0 radical (unpaired) electrons. The Hall–Kier alpha value is -3.30. The topological polar surface area (TPSA) is 150 Å². The predicted molar refractivity (Wildman–Crippen MR) is 134 cm³/mol. The molecule has 190 valence electrons. The van der Waals surface area contributed by atoms with Crippen LogP contribution in [-0.4, -0.2) is 55.2 Å². The van der Waals surface area contributed by atoms with Gasteiger partial charge in [-0.2, -0.15) is 10.2 Å². The summed E-state index contributed by atoms with van der Waals surface area (Å²) in [4.78, 5) is 4.56. The minimum Gasteiger partial charge on any atom is -0.490 e. The summed E-state index contributed by atoms with van der Waals surface area (Å²) in [5.41, 5.74) is 3.65. The summed E-state index contributed by atoms with van der Waals surface area (Å²) < 4.78 is 39.0. The minimum atomic E-state index is -3.50. The van der Waals surface area contributed by atoms with Gasteiger partial charge in [0.2, 0.25) is 15.8 Å². The van der Waals surface area contributed by atoms with Gasteiger partial charge in [0.05, 0.1) is 24.0 Å². The first-order valence-corrected chi connectivity index (χ1v) is 13.4. The lowest BCUT2D eigenvalue weighted by Crippen LogP contribution is -2.34. The van der Waals surface area contributed by atoms with Gasteiger partial charge in [-0.3, -0.25) is 0 Å². The highest BCUT2D eigenvalue weighted by molar-refractivity contribution is 7.89. The van der Waals surface area contributed by atoms with E-state index in [1.165, 1.54) is 0 Å². The molecule has 0 saturated carbocycles. The Balaban J connectivity index is 1.54. The van der Waals surface area contributed by atoms with E-state index in [0.29, 0.717) is 42.1 Å². The van der Waals surface area contributed by atoms with Crippen LogP contribution in [0, 0.1) is 11.3 Å². The molecule has 1 aromatic heterocycles. The highest BCUT2D eigenvalue weighted by Crippen LogP contribution is 2.38. The van der Waals surface area contributed by atoms with Gasteiger partial charge >= 0.3 is 0 Å². The molecule has 10 nitrogen and oxygen atoms in total. The van der Waals surface area contributed by atoms with Gasteiger partial charge in [-0.05, 0) is 56.0 Å². The zero-order valence-electron chi connectivity index (χ0n) is 20.2. The molecular formula is C25H29N5O5S. The molecule has 1 heterocycles. The number of aromatic nitrogens is 2. The van der Waals surface area contributed by atoms with Crippen LogP contribution in [0.15, 0.2) is 40.9 Å². The number of aliphatic hydroxyl groups excluding tert-OH is 1. The molecule has 0 amide bonds. The van der Waals surface area contributed by atoms with Crippen LogP contribution in [0.2, 0.25) is 0 Å². The molecule has 0 saturated heterocycles. The lowest BCUT2D eigenvalue weighted by atomic mass is 10.0. The van der Waals surface area contributed by atoms with Crippen molar-refractivity contribution >= 4 is 10.0 Å². The number of hydrogen-bond acceptors (Lipinski definition) is 9. The van der Waals surface area contributed by atoms with Crippen LogP contribution >= 0.6 is 0 Å². The number of aliphatic hydroxyl groups is 1. The molecule has 4 rings (SSSR count). The summed E-state index contributed by atoms with van der Waals surface area (Å²) in [5.74, 6) is 1.10. The van der Waals surface area contributed by atoms with E-state index in [0.717, 1.165) is 16.7 Å². The maximum Gasteiger partial charge on any atom is 0.258 e. The number of hydrogen-bond donors (Lipinski definition) is 3. The van der Waals surface area contributed by atoms with Crippen LogP contribution < -0.4 is 14.8 Å². The first-order valence-electron chi connectivity index (χ1n) is 11.8. The van der Waals surface area contributed by atoms with E-state index in [1.807, 2.05) is 32.0 Å². The summed E-state index contributed by atoms with van der Waals surface area (Å²) in [6.45, 7) is 4.36. The van der Waals surface area contributed by atoms with Crippen molar-refractivity contribution in [3.8, 4) is 34.7 Å². The first kappa shape index (κ1) is 25.8. The zero-order chi connectivity index (χ0) is 25.7. The summed E-state index contributed by atoms with van der Waals surface area (Å²) in [7, 11) is -3.50. The number of ether oxygens (including phenoxy) is 1. The molecule has 11 heteroatoms. The lowest BCUT2D eigenvalue weighted by Gasteiger charge is -2.15. The molecule has 1 atom stereocenters. The standard InChI is InChI=1S/C25H29N5O5S/c1-16(2)34-23-9-6-17(14-18(23)15-26)25-28-24(29-35-25)21-5-3-4-20-19(21)7-8-22(20)30-36(32,33)13-11-27-10-12-31/h3-6,9,14,16,22,27,30-31H,7-8,10-13H2,1-2H3/t22-/m0/s1. The van der Waals surface area contributed by atoms with E-state index in [2.05, 4.69) is 26.2 Å². The second kappa shape index (κ2) is 11.2. The lowest BCUT2D eigenvalue weighted by molar-refractivity contribution is 0.241. The number of sulfonamides is 1. The number of rotatable bonds is 11. The third kappa shape index (κ3) is 5.91. The second-order valence-corrected chi connectivity index (χ2v) is 10.7. The van der Waals surface area contributed by atoms with E-state index in [9.17, 15) is 13.7 Å². The largest absolute Gasteiger partial charge is 0.490 e. The van der Waals surface area contributed by atoms with Crippen molar-refractivity contribution in [2.75, 3.05) is 25.4 Å². The fourth-order valence-corrected chi connectivity index (χ4v) is 5.44. The van der Waals surface area contributed by atoms with Crippen molar-refractivity contribution in [1.82, 2.24) is 20.2 Å². The Labute approximate surface area is 210 Å². The van der Waals surface area contributed by atoms with Crippen LogP contribution in [0.1, 0.15) is 43.0 Å². The molecular weight excluding hydrogens is 482 g/mol. The van der Waals surface area contributed by atoms with Crippen LogP contribution in [0.3, 0.4) is 0 Å². The minimum absolute atomic E-state index is 0.0403. The Morgan fingerprint density at radius 2 is 2.11 bits per heavy atom. The van der Waals surface area contributed by atoms with Crippen molar-refractivity contribution in [3.05, 3.63) is 53.1 Å².